The molecule has 1 aromatic carbocycles. The van der Waals surface area contributed by atoms with Crippen LogP contribution in [0, 0.1) is 0 Å². The molecule has 122 valence electrons. The lowest BCUT2D eigenvalue weighted by molar-refractivity contribution is -0.128. The first-order chi connectivity index (χ1) is 11.0. The van der Waals surface area contributed by atoms with E-state index in [1.807, 2.05) is 6.92 Å². The number of carbonyl (C=O) groups excluding carboxylic acids is 1. The van der Waals surface area contributed by atoms with Crippen LogP contribution in [0.1, 0.15) is 27.9 Å². The predicted octanol–water partition coefficient (Wildman–Crippen LogP) is 3.57. The van der Waals surface area contributed by atoms with Gasteiger partial charge in [0.1, 0.15) is 10.6 Å². The second kappa shape index (κ2) is 7.99. The van der Waals surface area contributed by atoms with E-state index in [-0.39, 0.29) is 17.3 Å². The van der Waals surface area contributed by atoms with Crippen LogP contribution in [-0.4, -0.2) is 23.1 Å². The van der Waals surface area contributed by atoms with Crippen molar-refractivity contribution >= 4 is 34.8 Å². The number of hydrogen-bond acceptors (Lipinski definition) is 4. The van der Waals surface area contributed by atoms with Crippen molar-refractivity contribution < 1.29 is 19.4 Å². The van der Waals surface area contributed by atoms with Gasteiger partial charge in [-0.3, -0.25) is 4.79 Å². The van der Waals surface area contributed by atoms with E-state index in [2.05, 4.69) is 5.32 Å². The number of benzene rings is 1. The van der Waals surface area contributed by atoms with Crippen molar-refractivity contribution in [2.45, 2.75) is 26.0 Å². The van der Waals surface area contributed by atoms with Gasteiger partial charge in [-0.2, -0.15) is 0 Å². The lowest BCUT2D eigenvalue weighted by atomic mass is 10.2. The molecule has 5 nitrogen and oxygen atoms in total. The molecule has 0 radical (unpaired) electrons. The Labute approximate surface area is 142 Å². The van der Waals surface area contributed by atoms with Crippen molar-refractivity contribution in [1.29, 1.82) is 0 Å². The van der Waals surface area contributed by atoms with E-state index in [0.717, 1.165) is 16.2 Å². The number of hydrogen-bond donors (Lipinski definition) is 2. The van der Waals surface area contributed by atoms with Gasteiger partial charge in [-0.15, -0.1) is 11.3 Å². The zero-order valence-electron chi connectivity index (χ0n) is 12.4. The number of carboxylic acids is 1. The topological polar surface area (TPSA) is 75.6 Å². The van der Waals surface area contributed by atoms with E-state index in [4.69, 9.17) is 21.4 Å². The van der Waals surface area contributed by atoms with Gasteiger partial charge in [-0.1, -0.05) is 30.7 Å². The number of ether oxygens (including phenoxy) is 1. The number of carboxylic acid groups (broad SMARTS) is 1. The molecule has 0 aliphatic rings. The third kappa shape index (κ3) is 4.71. The summed E-state index contributed by atoms with van der Waals surface area (Å²) in [5, 5.41) is 12.1. The van der Waals surface area contributed by atoms with E-state index in [0.29, 0.717) is 17.2 Å². The first-order valence-electron chi connectivity index (χ1n) is 7.02. The maximum Gasteiger partial charge on any atom is 0.345 e. The van der Waals surface area contributed by atoms with Crippen LogP contribution in [0.5, 0.6) is 5.75 Å². The van der Waals surface area contributed by atoms with E-state index < -0.39 is 12.1 Å². The average molecular weight is 354 g/mol. The molecule has 0 bridgehead atoms. The summed E-state index contributed by atoms with van der Waals surface area (Å²) >= 11 is 7.16. The summed E-state index contributed by atoms with van der Waals surface area (Å²) in [4.78, 5) is 24.1. The Morgan fingerprint density at radius 2 is 2.04 bits per heavy atom. The molecule has 0 saturated heterocycles. The van der Waals surface area contributed by atoms with Crippen LogP contribution in [0.15, 0.2) is 36.4 Å². The third-order valence-corrected chi connectivity index (χ3v) is 4.46. The minimum Gasteiger partial charge on any atom is -0.479 e. The van der Waals surface area contributed by atoms with Crippen molar-refractivity contribution in [2.24, 2.45) is 0 Å². The summed E-state index contributed by atoms with van der Waals surface area (Å²) in [7, 11) is 0. The normalized spacial score (nSPS) is 11.7. The summed E-state index contributed by atoms with van der Waals surface area (Å²) in [6.45, 7) is 2.11. The van der Waals surface area contributed by atoms with Gasteiger partial charge in [0.25, 0.3) is 5.91 Å². The molecule has 1 unspecified atom stereocenters. The standard InChI is InChI=1S/C16H16ClNO4S/c1-2-12(22-13-6-4-3-5-11(13)17)15(19)18-9-10-7-8-14(23-10)16(20)21/h3-8,12H,2,9H2,1H3,(H,18,19)(H,20,21). The second-order valence-electron chi connectivity index (χ2n) is 4.73. The van der Waals surface area contributed by atoms with Crippen LogP contribution >= 0.6 is 22.9 Å². The monoisotopic (exact) mass is 353 g/mol. The Kier molecular flexibility index (Phi) is 6.01. The number of aromatic carboxylic acids is 1. The van der Waals surface area contributed by atoms with Crippen LogP contribution in [-0.2, 0) is 11.3 Å². The molecule has 0 aliphatic heterocycles. The predicted molar refractivity (Wildman–Crippen MR) is 89.3 cm³/mol. The Hall–Kier alpha value is -2.05. The zero-order chi connectivity index (χ0) is 16.8. The Bertz CT molecular complexity index is 701. The Morgan fingerprint density at radius 3 is 2.65 bits per heavy atom. The molecule has 0 spiro atoms. The van der Waals surface area contributed by atoms with E-state index >= 15 is 0 Å². The maximum absolute atomic E-state index is 12.2. The summed E-state index contributed by atoms with van der Waals surface area (Å²) in [6.07, 6.45) is -0.171. The molecule has 7 heteroatoms. The van der Waals surface area contributed by atoms with Crippen molar-refractivity contribution in [3.63, 3.8) is 0 Å². The first-order valence-corrected chi connectivity index (χ1v) is 8.21. The van der Waals surface area contributed by atoms with Crippen LogP contribution in [0.3, 0.4) is 0 Å². The molecule has 0 fully saturated rings. The number of rotatable bonds is 7. The maximum atomic E-state index is 12.2. The highest BCUT2D eigenvalue weighted by molar-refractivity contribution is 7.13. The Balaban J connectivity index is 1.94. The molecule has 1 heterocycles. The molecular weight excluding hydrogens is 338 g/mol. The highest BCUT2D eigenvalue weighted by Gasteiger charge is 2.19. The number of halogens is 1. The fraction of sp³-hybridized carbons (Fsp3) is 0.250. The van der Waals surface area contributed by atoms with Gasteiger partial charge in [0.2, 0.25) is 0 Å². The number of thiophene rings is 1. The van der Waals surface area contributed by atoms with Gasteiger partial charge in [0.05, 0.1) is 11.6 Å². The minimum atomic E-state index is -0.971. The van der Waals surface area contributed by atoms with Crippen molar-refractivity contribution in [1.82, 2.24) is 5.32 Å². The van der Waals surface area contributed by atoms with Crippen LogP contribution in [0.25, 0.3) is 0 Å². The molecule has 2 rings (SSSR count). The number of carbonyl (C=O) groups is 2. The third-order valence-electron chi connectivity index (χ3n) is 3.08. The largest absolute Gasteiger partial charge is 0.479 e. The van der Waals surface area contributed by atoms with Gasteiger partial charge in [0.15, 0.2) is 6.10 Å². The minimum absolute atomic E-state index is 0.244. The first kappa shape index (κ1) is 17.3. The summed E-state index contributed by atoms with van der Waals surface area (Å²) in [5.41, 5.74) is 0. The highest BCUT2D eigenvalue weighted by atomic mass is 35.5. The van der Waals surface area contributed by atoms with Crippen molar-refractivity contribution in [3.05, 3.63) is 51.2 Å². The number of amides is 1. The molecule has 1 aromatic heterocycles. The Morgan fingerprint density at radius 1 is 1.30 bits per heavy atom. The second-order valence-corrected chi connectivity index (χ2v) is 6.31. The van der Waals surface area contributed by atoms with Crippen molar-refractivity contribution in [2.75, 3.05) is 0 Å². The van der Waals surface area contributed by atoms with Crippen molar-refractivity contribution in [3.8, 4) is 5.75 Å². The van der Waals surface area contributed by atoms with Crippen LogP contribution in [0.4, 0.5) is 0 Å². The summed E-state index contributed by atoms with van der Waals surface area (Å²) in [5.74, 6) is -0.779. The fourth-order valence-electron chi connectivity index (χ4n) is 1.89. The van der Waals surface area contributed by atoms with Gasteiger partial charge in [-0.25, -0.2) is 4.79 Å². The molecular formula is C16H16ClNO4S. The summed E-state index contributed by atoms with van der Waals surface area (Å²) < 4.78 is 5.65. The molecule has 1 amide bonds. The van der Waals surface area contributed by atoms with E-state index in [1.165, 1.54) is 6.07 Å². The fourth-order valence-corrected chi connectivity index (χ4v) is 2.86. The van der Waals surface area contributed by atoms with E-state index in [1.54, 1.807) is 30.3 Å². The van der Waals surface area contributed by atoms with Gasteiger partial charge in [0, 0.05) is 4.88 Å². The lowest BCUT2D eigenvalue weighted by Gasteiger charge is -2.17. The lowest BCUT2D eigenvalue weighted by Crippen LogP contribution is -2.37. The quantitative estimate of drug-likeness (QED) is 0.797. The van der Waals surface area contributed by atoms with E-state index in [9.17, 15) is 9.59 Å². The molecule has 2 aromatic rings. The van der Waals surface area contributed by atoms with Gasteiger partial charge >= 0.3 is 5.97 Å². The average Bonchev–Trinajstić information content (AvgIpc) is 3.01. The molecule has 0 aliphatic carbocycles. The number of para-hydroxylation sites is 1. The zero-order valence-corrected chi connectivity index (χ0v) is 14.0. The molecule has 23 heavy (non-hydrogen) atoms. The number of nitrogens with one attached hydrogen (secondary N) is 1. The SMILES string of the molecule is CCC(Oc1ccccc1Cl)C(=O)NCc1ccc(C(=O)O)s1. The highest BCUT2D eigenvalue weighted by Crippen LogP contribution is 2.25. The van der Waals surface area contributed by atoms with Crippen LogP contribution in [0.2, 0.25) is 5.02 Å². The van der Waals surface area contributed by atoms with Gasteiger partial charge < -0.3 is 15.2 Å². The molecule has 0 saturated carbocycles. The smallest absolute Gasteiger partial charge is 0.345 e. The molecule has 1 atom stereocenters. The van der Waals surface area contributed by atoms with Crippen LogP contribution < -0.4 is 10.1 Å². The van der Waals surface area contributed by atoms with Gasteiger partial charge in [-0.05, 0) is 30.7 Å². The summed E-state index contributed by atoms with van der Waals surface area (Å²) in [6, 6.07) is 10.2. The molecule has 2 N–H and O–H groups in total.